The molecule has 0 aliphatic heterocycles. The van der Waals surface area contributed by atoms with E-state index in [1.165, 1.54) is 37.5 Å². The fourth-order valence-electron chi connectivity index (χ4n) is 2.89. The van der Waals surface area contributed by atoms with Gasteiger partial charge in [0.2, 0.25) is 11.8 Å². The van der Waals surface area contributed by atoms with E-state index in [4.69, 9.17) is 0 Å². The highest BCUT2D eigenvalue weighted by molar-refractivity contribution is 8.00. The van der Waals surface area contributed by atoms with Crippen LogP contribution in [0, 0.1) is 0 Å². The van der Waals surface area contributed by atoms with Crippen LogP contribution >= 0.6 is 11.8 Å². The standard InChI is InChI=1S/C19H28N2O2S/c1-15(22)20-14-6-2-3-9-19(23)21-16-10-12-18(13-11-16)24-17-7-4-5-8-17/h10-13,17H,2-9,14H2,1H3,(H,20,22)(H,21,23). The van der Waals surface area contributed by atoms with E-state index in [1.54, 1.807) is 0 Å². The molecular formula is C19H28N2O2S. The Morgan fingerprint density at radius 1 is 1.08 bits per heavy atom. The number of amides is 2. The molecule has 132 valence electrons. The number of hydrogen-bond acceptors (Lipinski definition) is 3. The van der Waals surface area contributed by atoms with Gasteiger partial charge in [0.05, 0.1) is 0 Å². The Balaban J connectivity index is 1.61. The third-order valence-corrected chi connectivity index (χ3v) is 5.55. The molecule has 0 atom stereocenters. The molecule has 1 fully saturated rings. The summed E-state index contributed by atoms with van der Waals surface area (Å²) in [4.78, 5) is 24.0. The van der Waals surface area contributed by atoms with Gasteiger partial charge in [-0.1, -0.05) is 19.3 Å². The van der Waals surface area contributed by atoms with E-state index < -0.39 is 0 Å². The maximum absolute atomic E-state index is 11.9. The smallest absolute Gasteiger partial charge is 0.224 e. The number of benzene rings is 1. The van der Waals surface area contributed by atoms with Gasteiger partial charge in [0.15, 0.2) is 0 Å². The molecule has 1 aliphatic carbocycles. The lowest BCUT2D eigenvalue weighted by Crippen LogP contribution is -2.20. The molecule has 0 heterocycles. The second kappa shape index (κ2) is 10.4. The van der Waals surface area contributed by atoms with E-state index in [1.807, 2.05) is 23.9 Å². The molecule has 1 aromatic rings. The molecule has 2 rings (SSSR count). The minimum atomic E-state index is 0.00212. The lowest BCUT2D eigenvalue weighted by Gasteiger charge is -2.10. The van der Waals surface area contributed by atoms with Gasteiger partial charge in [-0.05, 0) is 49.9 Å². The van der Waals surface area contributed by atoms with Crippen molar-refractivity contribution in [1.82, 2.24) is 5.32 Å². The van der Waals surface area contributed by atoms with E-state index in [0.29, 0.717) is 13.0 Å². The molecule has 0 aromatic heterocycles. The minimum absolute atomic E-state index is 0.00212. The molecule has 0 saturated heterocycles. The topological polar surface area (TPSA) is 58.2 Å². The van der Waals surface area contributed by atoms with Crippen molar-refractivity contribution >= 4 is 29.3 Å². The number of rotatable bonds is 9. The summed E-state index contributed by atoms with van der Waals surface area (Å²) in [5, 5.41) is 6.48. The van der Waals surface area contributed by atoms with Gasteiger partial charge < -0.3 is 10.6 Å². The maximum Gasteiger partial charge on any atom is 0.224 e. The Bertz CT molecular complexity index is 525. The number of hydrogen-bond donors (Lipinski definition) is 2. The van der Waals surface area contributed by atoms with Crippen LogP contribution < -0.4 is 10.6 Å². The van der Waals surface area contributed by atoms with Crippen LogP contribution in [0.25, 0.3) is 0 Å². The number of thioether (sulfide) groups is 1. The summed E-state index contributed by atoms with van der Waals surface area (Å²) in [5.74, 6) is 0.0630. The normalized spacial score (nSPS) is 14.5. The molecule has 0 spiro atoms. The first-order valence-corrected chi connectivity index (χ1v) is 9.82. The van der Waals surface area contributed by atoms with Crippen LogP contribution in [0.1, 0.15) is 58.3 Å². The summed E-state index contributed by atoms with van der Waals surface area (Å²) in [6.45, 7) is 2.21. The molecule has 4 nitrogen and oxygen atoms in total. The van der Waals surface area contributed by atoms with E-state index in [-0.39, 0.29) is 11.8 Å². The highest BCUT2D eigenvalue weighted by Gasteiger charge is 2.15. The Morgan fingerprint density at radius 3 is 2.46 bits per heavy atom. The van der Waals surface area contributed by atoms with Crippen molar-refractivity contribution in [3.8, 4) is 0 Å². The fraction of sp³-hybridized carbons (Fsp3) is 0.579. The van der Waals surface area contributed by atoms with Crippen molar-refractivity contribution in [2.45, 2.75) is 68.4 Å². The molecule has 2 N–H and O–H groups in total. The van der Waals surface area contributed by atoms with Crippen molar-refractivity contribution in [2.24, 2.45) is 0 Å². The molecule has 2 amide bonds. The molecular weight excluding hydrogens is 320 g/mol. The molecule has 0 unspecified atom stereocenters. The zero-order valence-corrected chi connectivity index (χ0v) is 15.3. The first-order valence-electron chi connectivity index (χ1n) is 8.94. The van der Waals surface area contributed by atoms with Crippen LogP contribution in [0.4, 0.5) is 5.69 Å². The second-order valence-corrected chi connectivity index (χ2v) is 7.76. The third kappa shape index (κ3) is 7.39. The average molecular weight is 349 g/mol. The lowest BCUT2D eigenvalue weighted by molar-refractivity contribution is -0.119. The largest absolute Gasteiger partial charge is 0.356 e. The predicted molar refractivity (Wildman–Crippen MR) is 100 cm³/mol. The Morgan fingerprint density at radius 2 is 1.79 bits per heavy atom. The number of anilines is 1. The van der Waals surface area contributed by atoms with Gasteiger partial charge in [-0.3, -0.25) is 9.59 Å². The van der Waals surface area contributed by atoms with E-state index in [0.717, 1.165) is 30.2 Å². The first kappa shape index (κ1) is 18.8. The van der Waals surface area contributed by atoms with Gasteiger partial charge in [0.1, 0.15) is 0 Å². The molecule has 0 bridgehead atoms. The van der Waals surface area contributed by atoms with Crippen molar-refractivity contribution in [3.05, 3.63) is 24.3 Å². The van der Waals surface area contributed by atoms with Gasteiger partial charge in [0.25, 0.3) is 0 Å². The van der Waals surface area contributed by atoms with Gasteiger partial charge >= 0.3 is 0 Å². The Kier molecular flexibility index (Phi) is 8.16. The van der Waals surface area contributed by atoms with Crippen LogP contribution in [0.5, 0.6) is 0 Å². The number of carbonyl (C=O) groups excluding carboxylic acids is 2. The van der Waals surface area contributed by atoms with Gasteiger partial charge in [-0.25, -0.2) is 0 Å². The molecule has 1 saturated carbocycles. The first-order chi connectivity index (χ1) is 11.6. The van der Waals surface area contributed by atoms with Crippen LogP contribution in [-0.4, -0.2) is 23.6 Å². The van der Waals surface area contributed by atoms with Crippen LogP contribution in [0.3, 0.4) is 0 Å². The summed E-state index contributed by atoms with van der Waals surface area (Å²) < 4.78 is 0. The third-order valence-electron chi connectivity index (χ3n) is 4.20. The van der Waals surface area contributed by atoms with Crippen molar-refractivity contribution < 1.29 is 9.59 Å². The molecule has 1 aliphatic rings. The SMILES string of the molecule is CC(=O)NCCCCCC(=O)Nc1ccc(SC2CCCC2)cc1. The summed E-state index contributed by atoms with van der Waals surface area (Å²) in [7, 11) is 0. The van der Waals surface area contributed by atoms with Crippen LogP contribution in [-0.2, 0) is 9.59 Å². The average Bonchev–Trinajstić information content (AvgIpc) is 3.05. The van der Waals surface area contributed by atoms with Crippen LogP contribution in [0.2, 0.25) is 0 Å². The Hall–Kier alpha value is -1.49. The lowest BCUT2D eigenvalue weighted by atomic mass is 10.2. The van der Waals surface area contributed by atoms with Crippen molar-refractivity contribution in [2.75, 3.05) is 11.9 Å². The van der Waals surface area contributed by atoms with E-state index >= 15 is 0 Å². The molecule has 1 aromatic carbocycles. The zero-order valence-electron chi connectivity index (χ0n) is 14.5. The summed E-state index contributed by atoms with van der Waals surface area (Å²) in [6, 6.07) is 8.19. The summed E-state index contributed by atoms with van der Waals surface area (Å²) in [5.41, 5.74) is 0.869. The van der Waals surface area contributed by atoms with Gasteiger partial charge in [0, 0.05) is 35.7 Å². The van der Waals surface area contributed by atoms with Crippen LogP contribution in [0.15, 0.2) is 29.2 Å². The van der Waals surface area contributed by atoms with Gasteiger partial charge in [-0.2, -0.15) is 0 Å². The van der Waals surface area contributed by atoms with E-state index in [2.05, 4.69) is 22.8 Å². The highest BCUT2D eigenvalue weighted by Crippen LogP contribution is 2.34. The molecule has 24 heavy (non-hydrogen) atoms. The molecule has 5 heteroatoms. The number of unbranched alkanes of at least 4 members (excludes halogenated alkanes) is 2. The highest BCUT2D eigenvalue weighted by atomic mass is 32.2. The Labute approximate surface area is 149 Å². The zero-order chi connectivity index (χ0) is 17.2. The predicted octanol–water partition coefficient (Wildman–Crippen LogP) is 4.36. The summed E-state index contributed by atoms with van der Waals surface area (Å²) in [6.07, 6.45) is 8.60. The van der Waals surface area contributed by atoms with E-state index in [9.17, 15) is 9.59 Å². The van der Waals surface area contributed by atoms with Crippen molar-refractivity contribution in [1.29, 1.82) is 0 Å². The van der Waals surface area contributed by atoms with Gasteiger partial charge in [-0.15, -0.1) is 11.8 Å². The summed E-state index contributed by atoms with van der Waals surface area (Å²) >= 11 is 1.96. The number of nitrogens with one attached hydrogen (secondary N) is 2. The molecule has 0 radical (unpaired) electrons. The fourth-order valence-corrected chi connectivity index (χ4v) is 4.14. The second-order valence-electron chi connectivity index (χ2n) is 6.39. The quantitative estimate of drug-likeness (QED) is 0.652. The monoisotopic (exact) mass is 348 g/mol. The minimum Gasteiger partial charge on any atom is -0.356 e. The van der Waals surface area contributed by atoms with Crippen molar-refractivity contribution in [3.63, 3.8) is 0 Å². The maximum atomic E-state index is 11.9. The number of carbonyl (C=O) groups is 2.